The van der Waals surface area contributed by atoms with Gasteiger partial charge in [-0.2, -0.15) is 8.78 Å². The molecule has 0 aliphatic carbocycles. The van der Waals surface area contributed by atoms with Gasteiger partial charge in [0.1, 0.15) is 12.4 Å². The van der Waals surface area contributed by atoms with Gasteiger partial charge in [0, 0.05) is 18.7 Å². The highest BCUT2D eigenvalue weighted by Crippen LogP contribution is 2.30. The number of ether oxygens (including phenoxy) is 3. The van der Waals surface area contributed by atoms with E-state index in [1.54, 1.807) is 0 Å². The molecule has 1 aromatic rings. The molecule has 0 aromatic heterocycles. The monoisotopic (exact) mass is 265 g/mol. The molecule has 0 unspecified atom stereocenters. The largest absolute Gasteiger partial charge is 0.489 e. The minimum absolute atomic E-state index is 0.00520. The first-order valence-electron chi connectivity index (χ1n) is 5.29. The van der Waals surface area contributed by atoms with Crippen molar-refractivity contribution in [2.24, 2.45) is 0 Å². The van der Waals surface area contributed by atoms with Crippen molar-refractivity contribution in [2.45, 2.75) is 13.5 Å². The van der Waals surface area contributed by atoms with Crippen molar-refractivity contribution in [3.63, 3.8) is 0 Å². The Morgan fingerprint density at radius 1 is 1.22 bits per heavy atom. The zero-order valence-electron chi connectivity index (χ0n) is 9.79. The van der Waals surface area contributed by atoms with Crippen LogP contribution in [-0.2, 0) is 4.74 Å². The first-order valence-corrected chi connectivity index (χ1v) is 5.29. The van der Waals surface area contributed by atoms with Crippen molar-refractivity contribution in [3.05, 3.63) is 17.9 Å². The predicted octanol–water partition coefficient (Wildman–Crippen LogP) is 2.42. The summed E-state index contributed by atoms with van der Waals surface area (Å²) in [6, 6.07) is 1.86. The second-order valence-electron chi connectivity index (χ2n) is 3.24. The molecule has 1 rings (SSSR count). The van der Waals surface area contributed by atoms with Crippen LogP contribution in [-0.4, -0.2) is 26.4 Å². The molecule has 2 N–H and O–H groups in total. The second kappa shape index (κ2) is 6.95. The summed E-state index contributed by atoms with van der Waals surface area (Å²) in [5.41, 5.74) is 5.49. The molecule has 4 nitrogen and oxygen atoms in total. The summed E-state index contributed by atoms with van der Waals surface area (Å²) in [6.45, 7) is -0.265. The van der Waals surface area contributed by atoms with Crippen LogP contribution >= 0.6 is 0 Å². The summed E-state index contributed by atoms with van der Waals surface area (Å²) in [6.07, 6.45) is 0. The first-order chi connectivity index (χ1) is 8.54. The van der Waals surface area contributed by atoms with Gasteiger partial charge in [-0.1, -0.05) is 0 Å². The van der Waals surface area contributed by atoms with Crippen LogP contribution < -0.4 is 15.2 Å². The van der Waals surface area contributed by atoms with Gasteiger partial charge in [0.05, 0.1) is 12.3 Å². The van der Waals surface area contributed by atoms with E-state index in [2.05, 4.69) is 4.74 Å². The van der Waals surface area contributed by atoms with E-state index >= 15 is 0 Å². The van der Waals surface area contributed by atoms with Crippen molar-refractivity contribution >= 4 is 5.69 Å². The van der Waals surface area contributed by atoms with E-state index in [1.807, 2.05) is 6.92 Å². The summed E-state index contributed by atoms with van der Waals surface area (Å²) < 4.78 is 51.4. The Labute approximate surface area is 102 Å². The van der Waals surface area contributed by atoms with Crippen molar-refractivity contribution in [2.75, 3.05) is 25.6 Å². The summed E-state index contributed by atoms with van der Waals surface area (Å²) in [5, 5.41) is 0. The maximum absolute atomic E-state index is 13.2. The molecule has 0 heterocycles. The van der Waals surface area contributed by atoms with Crippen molar-refractivity contribution < 1.29 is 27.4 Å². The van der Waals surface area contributed by atoms with E-state index in [9.17, 15) is 13.2 Å². The number of hydrogen-bond acceptors (Lipinski definition) is 4. The Morgan fingerprint density at radius 3 is 2.56 bits per heavy atom. The topological polar surface area (TPSA) is 53.7 Å². The fourth-order valence-corrected chi connectivity index (χ4v) is 1.22. The van der Waals surface area contributed by atoms with Crippen LogP contribution in [0.2, 0.25) is 0 Å². The SMILES string of the molecule is CCOCCOc1cc(OC(F)F)c(F)cc1N. The number of anilines is 1. The van der Waals surface area contributed by atoms with Crippen LogP contribution in [0.25, 0.3) is 0 Å². The standard InChI is InChI=1S/C11H14F3NO3/c1-2-16-3-4-17-10-6-9(18-11(13)14)7(12)5-8(10)15/h5-6,11H,2-4,15H2,1H3. The Hall–Kier alpha value is -1.63. The lowest BCUT2D eigenvalue weighted by Gasteiger charge is -2.12. The molecular formula is C11H14F3NO3. The molecule has 0 fully saturated rings. The Kier molecular flexibility index (Phi) is 5.57. The van der Waals surface area contributed by atoms with Crippen LogP contribution in [0.15, 0.2) is 12.1 Å². The maximum Gasteiger partial charge on any atom is 0.387 e. The van der Waals surface area contributed by atoms with Gasteiger partial charge in [-0.05, 0) is 6.92 Å². The highest BCUT2D eigenvalue weighted by atomic mass is 19.3. The van der Waals surface area contributed by atoms with Crippen LogP contribution in [0.5, 0.6) is 11.5 Å². The molecule has 0 spiro atoms. The summed E-state index contributed by atoms with van der Waals surface area (Å²) >= 11 is 0. The van der Waals surface area contributed by atoms with Gasteiger partial charge in [0.25, 0.3) is 0 Å². The highest BCUT2D eigenvalue weighted by Gasteiger charge is 2.14. The molecule has 102 valence electrons. The predicted molar refractivity (Wildman–Crippen MR) is 59.4 cm³/mol. The number of halogens is 3. The van der Waals surface area contributed by atoms with E-state index in [1.165, 1.54) is 0 Å². The third-order valence-electron chi connectivity index (χ3n) is 1.97. The summed E-state index contributed by atoms with van der Waals surface area (Å²) in [4.78, 5) is 0. The summed E-state index contributed by atoms with van der Waals surface area (Å²) in [7, 11) is 0. The Balaban J connectivity index is 2.71. The third kappa shape index (κ3) is 4.33. The number of alkyl halides is 2. The summed E-state index contributed by atoms with van der Waals surface area (Å²) in [5.74, 6) is -1.50. The zero-order valence-corrected chi connectivity index (χ0v) is 9.79. The van der Waals surface area contributed by atoms with Gasteiger partial charge in [-0.25, -0.2) is 4.39 Å². The Morgan fingerprint density at radius 2 is 1.94 bits per heavy atom. The quantitative estimate of drug-likeness (QED) is 0.607. The second-order valence-corrected chi connectivity index (χ2v) is 3.24. The van der Waals surface area contributed by atoms with E-state index in [4.69, 9.17) is 15.2 Å². The van der Waals surface area contributed by atoms with Crippen LogP contribution in [0.4, 0.5) is 18.9 Å². The molecule has 0 saturated heterocycles. The van der Waals surface area contributed by atoms with Gasteiger partial charge in [-0.15, -0.1) is 0 Å². The minimum Gasteiger partial charge on any atom is -0.489 e. The number of hydrogen-bond donors (Lipinski definition) is 1. The molecule has 0 amide bonds. The number of benzene rings is 1. The number of nitrogen functional groups attached to an aromatic ring is 1. The van der Waals surface area contributed by atoms with Crippen LogP contribution in [0, 0.1) is 5.82 Å². The lowest BCUT2D eigenvalue weighted by Crippen LogP contribution is -2.09. The molecule has 0 radical (unpaired) electrons. The van der Waals surface area contributed by atoms with Gasteiger partial charge in [0.15, 0.2) is 11.6 Å². The van der Waals surface area contributed by atoms with Gasteiger partial charge in [0.2, 0.25) is 0 Å². The van der Waals surface area contributed by atoms with E-state index in [0.717, 1.165) is 12.1 Å². The normalized spacial score (nSPS) is 10.7. The van der Waals surface area contributed by atoms with Crippen LogP contribution in [0.1, 0.15) is 6.92 Å². The molecule has 0 atom stereocenters. The van der Waals surface area contributed by atoms with E-state index < -0.39 is 18.2 Å². The molecular weight excluding hydrogens is 251 g/mol. The first kappa shape index (κ1) is 14.4. The van der Waals surface area contributed by atoms with Gasteiger partial charge in [-0.3, -0.25) is 0 Å². The zero-order chi connectivity index (χ0) is 13.5. The average molecular weight is 265 g/mol. The maximum atomic E-state index is 13.2. The minimum atomic E-state index is -3.11. The molecule has 0 bridgehead atoms. The smallest absolute Gasteiger partial charge is 0.387 e. The fourth-order valence-electron chi connectivity index (χ4n) is 1.22. The van der Waals surface area contributed by atoms with Gasteiger partial charge >= 0.3 is 6.61 Å². The van der Waals surface area contributed by atoms with Crippen molar-refractivity contribution in [1.29, 1.82) is 0 Å². The number of rotatable bonds is 7. The van der Waals surface area contributed by atoms with E-state index in [-0.39, 0.29) is 18.0 Å². The molecule has 0 aliphatic heterocycles. The number of nitrogens with two attached hydrogens (primary N) is 1. The van der Waals surface area contributed by atoms with Crippen molar-refractivity contribution in [3.8, 4) is 11.5 Å². The molecule has 1 aromatic carbocycles. The highest BCUT2D eigenvalue weighted by molar-refractivity contribution is 5.56. The molecule has 0 aliphatic rings. The molecule has 7 heteroatoms. The fraction of sp³-hybridized carbons (Fsp3) is 0.455. The third-order valence-corrected chi connectivity index (χ3v) is 1.97. The lowest BCUT2D eigenvalue weighted by atomic mass is 10.2. The van der Waals surface area contributed by atoms with Crippen molar-refractivity contribution in [1.82, 2.24) is 0 Å². The molecule has 0 saturated carbocycles. The lowest BCUT2D eigenvalue weighted by molar-refractivity contribution is -0.0523. The Bertz CT molecular complexity index is 388. The van der Waals surface area contributed by atoms with E-state index in [0.29, 0.717) is 13.2 Å². The average Bonchev–Trinajstić information content (AvgIpc) is 2.29. The molecule has 18 heavy (non-hydrogen) atoms. The van der Waals surface area contributed by atoms with Crippen LogP contribution in [0.3, 0.4) is 0 Å². The van der Waals surface area contributed by atoms with Gasteiger partial charge < -0.3 is 19.9 Å².